The summed E-state index contributed by atoms with van der Waals surface area (Å²) in [6.45, 7) is 0.285. The van der Waals surface area contributed by atoms with Crippen LogP contribution in [0.5, 0.6) is 11.5 Å². The summed E-state index contributed by atoms with van der Waals surface area (Å²) in [5, 5.41) is 11.8. The molecule has 8 heteroatoms. The fraction of sp³-hybridized carbons (Fsp3) is 0.111. The summed E-state index contributed by atoms with van der Waals surface area (Å²) in [4.78, 5) is 0. The van der Waals surface area contributed by atoms with E-state index in [9.17, 15) is 0 Å². The van der Waals surface area contributed by atoms with E-state index in [1.165, 1.54) is 11.8 Å². The van der Waals surface area contributed by atoms with Gasteiger partial charge in [0.1, 0.15) is 18.1 Å². The van der Waals surface area contributed by atoms with Crippen LogP contribution in [0.15, 0.2) is 59.1 Å². The maximum Gasteiger partial charge on any atom is 0.214 e. The number of fused-ring (bicyclic) bond motifs is 1. The van der Waals surface area contributed by atoms with Crippen molar-refractivity contribution in [1.82, 2.24) is 14.9 Å². The monoisotopic (exact) mass is 386 g/mol. The van der Waals surface area contributed by atoms with Gasteiger partial charge in [-0.25, -0.2) is 4.68 Å². The third kappa shape index (κ3) is 3.49. The van der Waals surface area contributed by atoms with E-state index in [2.05, 4.69) is 15.6 Å². The topological polar surface area (TPSA) is 61.2 Å². The van der Waals surface area contributed by atoms with E-state index in [0.717, 1.165) is 27.9 Å². The Bertz CT molecular complexity index is 956. The van der Waals surface area contributed by atoms with Crippen LogP contribution in [-0.2, 0) is 6.61 Å². The van der Waals surface area contributed by atoms with Crippen molar-refractivity contribution in [2.75, 3.05) is 12.5 Å². The Kier molecular flexibility index (Phi) is 4.73. The van der Waals surface area contributed by atoms with Crippen molar-refractivity contribution in [3.8, 4) is 11.5 Å². The van der Waals surface area contributed by atoms with Gasteiger partial charge in [0, 0.05) is 16.0 Å². The molecule has 4 rings (SSSR count). The number of aromatic nitrogens is 3. The van der Waals surface area contributed by atoms with Crippen LogP contribution in [0.4, 0.5) is 0 Å². The molecule has 2 aromatic carbocycles. The molecule has 0 radical (unpaired) electrons. The number of nitrogens with zero attached hydrogens (tertiary/aromatic N) is 3. The van der Waals surface area contributed by atoms with Gasteiger partial charge in [-0.1, -0.05) is 35.5 Å². The van der Waals surface area contributed by atoms with E-state index in [-0.39, 0.29) is 6.61 Å². The number of nitrogens with one attached hydrogen (secondary N) is 1. The molecule has 0 amide bonds. The Labute approximate surface area is 159 Å². The molecule has 132 valence electrons. The van der Waals surface area contributed by atoms with Crippen LogP contribution in [0.3, 0.4) is 0 Å². The van der Waals surface area contributed by atoms with Crippen LogP contribution >= 0.6 is 23.4 Å². The van der Waals surface area contributed by atoms with E-state index in [1.54, 1.807) is 19.2 Å². The van der Waals surface area contributed by atoms with Gasteiger partial charge in [-0.2, -0.15) is 0 Å². The Morgan fingerprint density at radius 3 is 2.77 bits per heavy atom. The van der Waals surface area contributed by atoms with Gasteiger partial charge in [-0.15, -0.1) is 10.2 Å². The molecule has 6 nitrogen and oxygen atoms in total. The summed E-state index contributed by atoms with van der Waals surface area (Å²) in [6.07, 6.45) is 0. The molecule has 2 heterocycles. The van der Waals surface area contributed by atoms with E-state index in [1.807, 2.05) is 46.5 Å². The Morgan fingerprint density at radius 2 is 1.96 bits per heavy atom. The molecule has 1 N–H and O–H groups in total. The van der Waals surface area contributed by atoms with E-state index < -0.39 is 0 Å². The van der Waals surface area contributed by atoms with Gasteiger partial charge < -0.3 is 9.47 Å². The highest BCUT2D eigenvalue weighted by atomic mass is 35.5. The van der Waals surface area contributed by atoms with Crippen LogP contribution in [0.25, 0.3) is 5.70 Å². The number of hydrogen-bond acceptors (Lipinski definition) is 6. The van der Waals surface area contributed by atoms with Gasteiger partial charge in [-0.3, -0.25) is 5.43 Å². The van der Waals surface area contributed by atoms with Crippen molar-refractivity contribution < 1.29 is 9.47 Å². The maximum absolute atomic E-state index is 5.89. The number of ether oxygens (including phenoxy) is 2. The van der Waals surface area contributed by atoms with Gasteiger partial charge in [0.2, 0.25) is 5.16 Å². The zero-order chi connectivity index (χ0) is 17.9. The molecular weight excluding hydrogens is 372 g/mol. The first-order valence-corrected chi connectivity index (χ1v) is 9.09. The maximum atomic E-state index is 5.89. The Hall–Kier alpha value is -2.64. The van der Waals surface area contributed by atoms with Gasteiger partial charge in [0.05, 0.1) is 12.8 Å². The number of halogens is 1. The molecule has 0 saturated heterocycles. The lowest BCUT2D eigenvalue weighted by molar-refractivity contribution is 0.291. The van der Waals surface area contributed by atoms with Crippen molar-refractivity contribution in [2.24, 2.45) is 0 Å². The molecule has 0 spiro atoms. The highest BCUT2D eigenvalue weighted by Gasteiger charge is 2.19. The zero-order valence-electron chi connectivity index (χ0n) is 13.8. The van der Waals surface area contributed by atoms with Gasteiger partial charge in [0.15, 0.2) is 5.82 Å². The quantitative estimate of drug-likeness (QED) is 0.710. The molecule has 0 aliphatic carbocycles. The zero-order valence-corrected chi connectivity index (χ0v) is 15.4. The second-order valence-corrected chi connectivity index (χ2v) is 6.74. The summed E-state index contributed by atoms with van der Waals surface area (Å²) < 4.78 is 12.9. The highest BCUT2D eigenvalue weighted by Crippen LogP contribution is 2.30. The van der Waals surface area contributed by atoms with Crippen molar-refractivity contribution in [3.05, 3.63) is 70.3 Å². The summed E-state index contributed by atoms with van der Waals surface area (Å²) in [6, 6.07) is 15.1. The average molecular weight is 387 g/mol. The summed E-state index contributed by atoms with van der Waals surface area (Å²) in [5.41, 5.74) is 5.29. The molecule has 0 atom stereocenters. The van der Waals surface area contributed by atoms with Gasteiger partial charge in [0.25, 0.3) is 0 Å². The largest absolute Gasteiger partial charge is 0.497 e. The first kappa shape index (κ1) is 16.8. The predicted octanol–water partition coefficient (Wildman–Crippen LogP) is 4.17. The standard InChI is InChI=1S/C18H15ClN4O2S/c1-24-15-4-2-3-12(9-15)16-11-26-18-21-20-17(23(18)22-16)10-25-14-7-5-13(19)6-8-14/h2-9,11,22H,10H2,1H3. The number of thioether (sulfide) groups is 1. The minimum Gasteiger partial charge on any atom is -0.497 e. The van der Waals surface area contributed by atoms with E-state index in [4.69, 9.17) is 21.1 Å². The number of hydrogen-bond donors (Lipinski definition) is 1. The SMILES string of the molecule is COc1cccc(C2=CSc3nnc(COc4ccc(Cl)cc4)n3N2)c1. The van der Waals surface area contributed by atoms with Gasteiger partial charge in [-0.05, 0) is 36.4 Å². The molecule has 1 aliphatic rings. The molecule has 0 fully saturated rings. The predicted molar refractivity (Wildman–Crippen MR) is 102 cm³/mol. The van der Waals surface area contributed by atoms with Crippen molar-refractivity contribution in [2.45, 2.75) is 11.8 Å². The third-order valence-electron chi connectivity index (χ3n) is 3.78. The fourth-order valence-electron chi connectivity index (χ4n) is 2.44. The smallest absolute Gasteiger partial charge is 0.214 e. The second kappa shape index (κ2) is 7.31. The van der Waals surface area contributed by atoms with Crippen LogP contribution in [0, 0.1) is 0 Å². The number of rotatable bonds is 5. The lowest BCUT2D eigenvalue weighted by Gasteiger charge is -2.19. The van der Waals surface area contributed by atoms with Crippen molar-refractivity contribution >= 4 is 29.1 Å². The number of methoxy groups -OCH3 is 1. The van der Waals surface area contributed by atoms with Crippen molar-refractivity contribution in [3.63, 3.8) is 0 Å². The first-order valence-electron chi connectivity index (χ1n) is 7.84. The van der Waals surface area contributed by atoms with Crippen LogP contribution in [0.1, 0.15) is 11.4 Å². The number of benzene rings is 2. The third-order valence-corrected chi connectivity index (χ3v) is 4.86. The fourth-order valence-corrected chi connectivity index (χ4v) is 3.33. The van der Waals surface area contributed by atoms with Crippen molar-refractivity contribution in [1.29, 1.82) is 0 Å². The first-order chi connectivity index (χ1) is 12.7. The molecular formula is C18H15ClN4O2S. The Morgan fingerprint density at radius 1 is 1.12 bits per heavy atom. The summed E-state index contributed by atoms with van der Waals surface area (Å²) >= 11 is 7.39. The average Bonchev–Trinajstić information content (AvgIpc) is 3.10. The summed E-state index contributed by atoms with van der Waals surface area (Å²) in [5.74, 6) is 2.20. The Balaban J connectivity index is 1.51. The lowest BCUT2D eigenvalue weighted by Crippen LogP contribution is -2.20. The normalized spacial score (nSPS) is 12.8. The van der Waals surface area contributed by atoms with Crippen LogP contribution in [-0.4, -0.2) is 22.0 Å². The highest BCUT2D eigenvalue weighted by molar-refractivity contribution is 8.02. The minimum atomic E-state index is 0.285. The minimum absolute atomic E-state index is 0.285. The molecule has 26 heavy (non-hydrogen) atoms. The molecule has 0 bridgehead atoms. The second-order valence-electron chi connectivity index (χ2n) is 5.47. The molecule has 0 saturated carbocycles. The van der Waals surface area contributed by atoms with E-state index >= 15 is 0 Å². The molecule has 1 aromatic heterocycles. The molecule has 0 unspecified atom stereocenters. The van der Waals surface area contributed by atoms with E-state index in [0.29, 0.717) is 10.8 Å². The lowest BCUT2D eigenvalue weighted by atomic mass is 10.2. The van der Waals surface area contributed by atoms with Gasteiger partial charge >= 0.3 is 0 Å². The molecule has 3 aromatic rings. The molecule has 1 aliphatic heterocycles. The van der Waals surface area contributed by atoms with Crippen LogP contribution < -0.4 is 14.9 Å². The summed E-state index contributed by atoms with van der Waals surface area (Å²) in [7, 11) is 1.65. The van der Waals surface area contributed by atoms with Crippen LogP contribution in [0.2, 0.25) is 5.02 Å².